The monoisotopic (exact) mass is 344 g/mol. The second-order valence-electron chi connectivity index (χ2n) is 7.60. The van der Waals surface area contributed by atoms with E-state index < -0.39 is 0 Å². The van der Waals surface area contributed by atoms with Gasteiger partial charge in [-0.25, -0.2) is 0 Å². The molecule has 25 heavy (non-hydrogen) atoms. The summed E-state index contributed by atoms with van der Waals surface area (Å²) in [7, 11) is 0. The van der Waals surface area contributed by atoms with E-state index in [0.29, 0.717) is 5.92 Å². The molecule has 1 rings (SSSR count). The van der Waals surface area contributed by atoms with Gasteiger partial charge in [0.2, 0.25) is 0 Å². The Hall–Kier alpha value is -1.90. The minimum absolute atomic E-state index is 0.0861. The third-order valence-corrected chi connectivity index (χ3v) is 4.82. The van der Waals surface area contributed by atoms with E-state index in [0.717, 1.165) is 24.0 Å². The van der Waals surface area contributed by atoms with Crippen LogP contribution in [0, 0.1) is 11.3 Å². The van der Waals surface area contributed by atoms with Gasteiger partial charge in [0, 0.05) is 6.92 Å². The molecule has 1 unspecified atom stereocenters. The van der Waals surface area contributed by atoms with Crippen LogP contribution >= 0.6 is 0 Å². The van der Waals surface area contributed by atoms with Crippen molar-refractivity contribution >= 4 is 11.8 Å². The molecule has 138 valence electrons. The number of ether oxygens (including phenoxy) is 1. The predicted molar refractivity (Wildman–Crippen MR) is 103 cm³/mol. The van der Waals surface area contributed by atoms with Crippen LogP contribution in [0.4, 0.5) is 0 Å². The highest BCUT2D eigenvalue weighted by Crippen LogP contribution is 2.43. The number of hydrogen-bond acceptors (Lipinski definition) is 3. The summed E-state index contributed by atoms with van der Waals surface area (Å²) in [5.74, 6) is 0.271. The Morgan fingerprint density at radius 1 is 1.24 bits per heavy atom. The maximum atomic E-state index is 12.5. The molecule has 0 saturated heterocycles. The number of ketones is 1. The highest BCUT2D eigenvalue weighted by molar-refractivity contribution is 6.04. The Morgan fingerprint density at radius 3 is 2.52 bits per heavy atom. The van der Waals surface area contributed by atoms with Gasteiger partial charge >= 0.3 is 5.97 Å². The molecule has 0 aliphatic heterocycles. The second kappa shape index (κ2) is 9.55. The molecule has 3 nitrogen and oxygen atoms in total. The van der Waals surface area contributed by atoms with E-state index in [2.05, 4.69) is 20.8 Å². The summed E-state index contributed by atoms with van der Waals surface area (Å²) in [6, 6.07) is 0. The number of carbonyl (C=O) groups excluding carboxylic acids is 2. The largest absolute Gasteiger partial charge is 0.462 e. The molecule has 1 aliphatic carbocycles. The van der Waals surface area contributed by atoms with E-state index in [4.69, 9.17) is 4.74 Å². The Kier molecular flexibility index (Phi) is 8.08. The van der Waals surface area contributed by atoms with Crippen molar-refractivity contribution in [3.8, 4) is 0 Å². The summed E-state index contributed by atoms with van der Waals surface area (Å²) >= 11 is 0. The lowest BCUT2D eigenvalue weighted by atomic mass is 9.68. The molecule has 0 bridgehead atoms. The van der Waals surface area contributed by atoms with Gasteiger partial charge in [-0.05, 0) is 55.7 Å². The van der Waals surface area contributed by atoms with Crippen molar-refractivity contribution in [3.05, 3.63) is 47.1 Å². The van der Waals surface area contributed by atoms with Gasteiger partial charge in [0.05, 0.1) is 0 Å². The van der Waals surface area contributed by atoms with E-state index in [1.807, 2.05) is 44.2 Å². The highest BCUT2D eigenvalue weighted by Gasteiger charge is 2.31. The second-order valence-corrected chi connectivity index (χ2v) is 7.60. The van der Waals surface area contributed by atoms with Gasteiger partial charge in [0.15, 0.2) is 5.78 Å². The van der Waals surface area contributed by atoms with E-state index >= 15 is 0 Å². The first-order chi connectivity index (χ1) is 11.6. The van der Waals surface area contributed by atoms with Crippen molar-refractivity contribution in [1.82, 2.24) is 0 Å². The number of carbonyl (C=O) groups is 2. The quantitative estimate of drug-likeness (QED) is 0.371. The van der Waals surface area contributed by atoms with Crippen LogP contribution in [-0.2, 0) is 14.3 Å². The van der Waals surface area contributed by atoms with Crippen molar-refractivity contribution in [2.45, 2.75) is 60.8 Å². The van der Waals surface area contributed by atoms with Gasteiger partial charge in [-0.1, -0.05) is 56.6 Å². The zero-order valence-corrected chi connectivity index (χ0v) is 16.5. The molecule has 0 amide bonds. The lowest BCUT2D eigenvalue weighted by molar-refractivity contribution is -0.139. The fourth-order valence-electron chi connectivity index (χ4n) is 3.19. The summed E-state index contributed by atoms with van der Waals surface area (Å²) in [5, 5.41) is 0. The predicted octanol–water partition coefficient (Wildman–Crippen LogP) is 5.34. The van der Waals surface area contributed by atoms with E-state index in [1.165, 1.54) is 18.9 Å². The number of hydrogen-bond donors (Lipinski definition) is 0. The molecule has 1 saturated carbocycles. The Morgan fingerprint density at radius 2 is 1.92 bits per heavy atom. The van der Waals surface area contributed by atoms with Crippen LogP contribution in [0.2, 0.25) is 0 Å². The fraction of sp³-hybridized carbons (Fsp3) is 0.545. The average Bonchev–Trinajstić information content (AvgIpc) is 2.50. The van der Waals surface area contributed by atoms with Crippen LogP contribution in [0.15, 0.2) is 47.1 Å². The smallest absolute Gasteiger partial charge is 0.302 e. The van der Waals surface area contributed by atoms with Crippen molar-refractivity contribution < 1.29 is 14.3 Å². The first-order valence-electron chi connectivity index (χ1n) is 9.05. The Bertz CT molecular complexity index is 615. The van der Waals surface area contributed by atoms with Crippen molar-refractivity contribution in [2.24, 2.45) is 11.3 Å². The molecule has 0 aromatic heterocycles. The zero-order valence-electron chi connectivity index (χ0n) is 16.5. The lowest BCUT2D eigenvalue weighted by Crippen LogP contribution is -2.25. The van der Waals surface area contributed by atoms with Crippen molar-refractivity contribution in [2.75, 3.05) is 6.61 Å². The lowest BCUT2D eigenvalue weighted by Gasteiger charge is -2.37. The van der Waals surface area contributed by atoms with E-state index in [-0.39, 0.29) is 23.8 Å². The maximum absolute atomic E-state index is 12.5. The molecule has 0 aromatic carbocycles. The van der Waals surface area contributed by atoms with Gasteiger partial charge in [0.25, 0.3) is 0 Å². The van der Waals surface area contributed by atoms with Crippen LogP contribution in [0.3, 0.4) is 0 Å². The maximum Gasteiger partial charge on any atom is 0.302 e. The summed E-state index contributed by atoms with van der Waals surface area (Å²) in [4.78, 5) is 23.2. The van der Waals surface area contributed by atoms with Crippen LogP contribution in [0.25, 0.3) is 0 Å². The topological polar surface area (TPSA) is 43.4 Å². The molecular weight excluding hydrogens is 312 g/mol. The molecule has 1 atom stereocenters. The normalized spacial score (nSPS) is 23.1. The summed E-state index contributed by atoms with van der Waals surface area (Å²) < 4.78 is 4.87. The molecule has 1 fully saturated rings. The van der Waals surface area contributed by atoms with Crippen LogP contribution in [-0.4, -0.2) is 18.4 Å². The highest BCUT2D eigenvalue weighted by atomic mass is 16.5. The Labute approximate surface area is 152 Å². The minimum Gasteiger partial charge on any atom is -0.462 e. The van der Waals surface area contributed by atoms with Gasteiger partial charge in [-0.2, -0.15) is 0 Å². The zero-order chi connectivity index (χ0) is 19.0. The molecule has 3 heteroatoms. The summed E-state index contributed by atoms with van der Waals surface area (Å²) in [6.07, 6.45) is 12.8. The van der Waals surface area contributed by atoms with Crippen LogP contribution in [0.1, 0.15) is 60.8 Å². The first-order valence-corrected chi connectivity index (χ1v) is 9.05. The molecule has 0 heterocycles. The molecule has 0 spiro atoms. The van der Waals surface area contributed by atoms with Crippen LogP contribution < -0.4 is 0 Å². The SMILES string of the molecule is CC(=O)OC/C=C(C)/C=C/C=C(\C)C(=O)/C=C1/C(C)CCCC1(C)C. The fourth-order valence-corrected chi connectivity index (χ4v) is 3.19. The number of allylic oxidation sites excluding steroid dienone is 7. The molecule has 0 N–H and O–H groups in total. The van der Waals surface area contributed by atoms with Gasteiger partial charge < -0.3 is 4.74 Å². The van der Waals surface area contributed by atoms with E-state index in [9.17, 15) is 9.59 Å². The molecular formula is C22H32O3. The molecule has 1 aliphatic rings. The number of esters is 1. The molecule has 0 radical (unpaired) electrons. The third-order valence-electron chi connectivity index (χ3n) is 4.82. The minimum atomic E-state index is -0.290. The van der Waals surface area contributed by atoms with Gasteiger partial charge in [-0.15, -0.1) is 0 Å². The van der Waals surface area contributed by atoms with E-state index in [1.54, 1.807) is 0 Å². The van der Waals surface area contributed by atoms with Gasteiger partial charge in [0.1, 0.15) is 6.61 Å². The number of rotatable bonds is 6. The first kappa shape index (κ1) is 21.1. The average molecular weight is 344 g/mol. The van der Waals surface area contributed by atoms with Crippen LogP contribution in [0.5, 0.6) is 0 Å². The van der Waals surface area contributed by atoms with Gasteiger partial charge in [-0.3, -0.25) is 9.59 Å². The Balaban J connectivity index is 2.74. The summed E-state index contributed by atoms with van der Waals surface area (Å²) in [5.41, 5.74) is 3.10. The van der Waals surface area contributed by atoms with Crippen molar-refractivity contribution in [1.29, 1.82) is 0 Å². The standard InChI is InChI=1S/C22H32O3/c1-16(12-14-25-19(4)23)9-7-10-18(3)21(24)15-20-17(2)11-8-13-22(20,5)6/h7,9-10,12,15,17H,8,11,13-14H2,1-6H3/b9-7+,16-12+,18-10+,20-15-. The third kappa shape index (κ3) is 7.25. The summed E-state index contributed by atoms with van der Waals surface area (Å²) in [6.45, 7) is 12.1. The molecule has 0 aromatic rings. The van der Waals surface area contributed by atoms with Crippen molar-refractivity contribution in [3.63, 3.8) is 0 Å².